The molecule has 2 aliphatic carbocycles. The first kappa shape index (κ1) is 21.7. The monoisotopic (exact) mass is 448 g/mol. The molecule has 2 aromatic rings. The van der Waals surface area contributed by atoms with Crippen LogP contribution in [0.1, 0.15) is 73.2 Å². The number of piperidine rings is 1. The number of anilines is 3. The van der Waals surface area contributed by atoms with Crippen molar-refractivity contribution in [1.82, 2.24) is 14.9 Å². The van der Waals surface area contributed by atoms with Gasteiger partial charge in [0.2, 0.25) is 11.9 Å². The lowest BCUT2D eigenvalue weighted by Crippen LogP contribution is -2.40. The lowest BCUT2D eigenvalue weighted by molar-refractivity contribution is -0.136. The number of amides is 2. The van der Waals surface area contributed by atoms with Crippen molar-refractivity contribution >= 4 is 29.3 Å². The van der Waals surface area contributed by atoms with Crippen molar-refractivity contribution in [3.8, 4) is 0 Å². The highest BCUT2D eigenvalue weighted by Gasteiger charge is 2.30. The highest BCUT2D eigenvalue weighted by Crippen LogP contribution is 2.32. The van der Waals surface area contributed by atoms with Crippen LogP contribution in [-0.4, -0.2) is 45.8 Å². The Bertz CT molecular complexity index is 1010. The van der Waals surface area contributed by atoms with Crippen molar-refractivity contribution in [3.05, 3.63) is 41.6 Å². The summed E-state index contributed by atoms with van der Waals surface area (Å²) < 4.78 is 0. The van der Waals surface area contributed by atoms with Gasteiger partial charge in [-0.15, -0.1) is 0 Å². The zero-order chi connectivity index (χ0) is 22.8. The molecule has 8 nitrogen and oxygen atoms in total. The van der Waals surface area contributed by atoms with Crippen LogP contribution in [0, 0.1) is 5.92 Å². The van der Waals surface area contributed by atoms with Gasteiger partial charge in [0.05, 0.1) is 5.56 Å². The maximum absolute atomic E-state index is 12.7. The van der Waals surface area contributed by atoms with Crippen LogP contribution in [0.5, 0.6) is 0 Å². The van der Waals surface area contributed by atoms with Gasteiger partial charge in [-0.3, -0.25) is 9.59 Å². The molecule has 4 N–H and O–H groups in total. The summed E-state index contributed by atoms with van der Waals surface area (Å²) in [6, 6.07) is 8.70. The van der Waals surface area contributed by atoms with Crippen molar-refractivity contribution in [2.24, 2.45) is 11.7 Å². The van der Waals surface area contributed by atoms with E-state index in [1.807, 2.05) is 12.1 Å². The van der Waals surface area contributed by atoms with Crippen LogP contribution >= 0.6 is 0 Å². The highest BCUT2D eigenvalue weighted by atomic mass is 16.2. The molecule has 1 aromatic carbocycles. The average Bonchev–Trinajstić information content (AvgIpc) is 3.47. The Morgan fingerprint density at radius 1 is 0.970 bits per heavy atom. The fourth-order valence-electron chi connectivity index (χ4n) is 4.99. The van der Waals surface area contributed by atoms with Crippen LogP contribution in [0.2, 0.25) is 0 Å². The van der Waals surface area contributed by atoms with Crippen LogP contribution in [0.3, 0.4) is 0 Å². The second kappa shape index (κ2) is 9.37. The second-order valence-corrected chi connectivity index (χ2v) is 9.57. The molecule has 0 atom stereocenters. The number of primary amides is 1. The Morgan fingerprint density at radius 2 is 1.67 bits per heavy atom. The topological polar surface area (TPSA) is 113 Å². The number of hydrogen-bond donors (Lipinski definition) is 3. The van der Waals surface area contributed by atoms with Crippen molar-refractivity contribution in [3.63, 3.8) is 0 Å². The van der Waals surface area contributed by atoms with Gasteiger partial charge < -0.3 is 21.3 Å². The number of benzene rings is 1. The molecule has 3 aliphatic rings. The predicted octanol–water partition coefficient (Wildman–Crippen LogP) is 3.79. The lowest BCUT2D eigenvalue weighted by atomic mass is 9.89. The van der Waals surface area contributed by atoms with E-state index in [9.17, 15) is 9.59 Å². The molecule has 0 unspecified atom stereocenters. The maximum atomic E-state index is 12.7. The van der Waals surface area contributed by atoms with Gasteiger partial charge in [0.25, 0.3) is 5.91 Å². The minimum Gasteiger partial charge on any atom is -0.367 e. The van der Waals surface area contributed by atoms with Gasteiger partial charge in [0, 0.05) is 36.9 Å². The number of hydrogen-bond acceptors (Lipinski definition) is 6. The van der Waals surface area contributed by atoms with E-state index in [0.717, 1.165) is 57.3 Å². The molecule has 1 aromatic heterocycles. The molecular weight excluding hydrogens is 416 g/mol. The van der Waals surface area contributed by atoms with Gasteiger partial charge in [0.15, 0.2) is 0 Å². The predicted molar refractivity (Wildman–Crippen MR) is 127 cm³/mol. The van der Waals surface area contributed by atoms with Crippen molar-refractivity contribution in [1.29, 1.82) is 0 Å². The Morgan fingerprint density at radius 3 is 2.30 bits per heavy atom. The quantitative estimate of drug-likeness (QED) is 0.594. The lowest BCUT2D eigenvalue weighted by Gasteiger charge is -2.34. The third-order valence-electron chi connectivity index (χ3n) is 7.12. The first-order chi connectivity index (χ1) is 16.1. The van der Waals surface area contributed by atoms with E-state index in [1.165, 1.54) is 24.6 Å². The maximum Gasteiger partial charge on any atom is 0.254 e. The normalized spacial score (nSPS) is 19.5. The third-order valence-corrected chi connectivity index (χ3v) is 7.12. The summed E-state index contributed by atoms with van der Waals surface area (Å²) in [6.45, 7) is 1.72. The summed E-state index contributed by atoms with van der Waals surface area (Å²) in [6.07, 6.45) is 10.2. The first-order valence-corrected chi connectivity index (χ1v) is 12.2. The Balaban J connectivity index is 1.19. The fourth-order valence-corrected chi connectivity index (χ4v) is 4.99. The number of nitrogens with zero attached hydrogens (tertiary/aromatic N) is 3. The Kier molecular flexibility index (Phi) is 6.15. The summed E-state index contributed by atoms with van der Waals surface area (Å²) in [7, 11) is 0. The van der Waals surface area contributed by atoms with Crippen molar-refractivity contribution < 1.29 is 9.59 Å². The van der Waals surface area contributed by atoms with E-state index in [0.29, 0.717) is 35.2 Å². The summed E-state index contributed by atoms with van der Waals surface area (Å²) in [5, 5.41) is 6.47. The molecular formula is C25H32N6O2. The molecule has 0 bridgehead atoms. The van der Waals surface area contributed by atoms with E-state index < -0.39 is 5.91 Å². The number of rotatable bonds is 7. The van der Waals surface area contributed by atoms with E-state index in [1.54, 1.807) is 0 Å². The molecule has 33 heavy (non-hydrogen) atoms. The summed E-state index contributed by atoms with van der Waals surface area (Å²) >= 11 is 0. The highest BCUT2D eigenvalue weighted by molar-refractivity contribution is 5.97. The zero-order valence-electron chi connectivity index (χ0n) is 18.9. The molecule has 8 heteroatoms. The molecule has 0 radical (unpaired) electrons. The van der Waals surface area contributed by atoms with Gasteiger partial charge in [-0.25, -0.2) is 4.98 Å². The standard InChI is InChI=1S/C25H32N6O2/c26-22(32)21-15-27-25(30-23(21)28-19-9-10-19)29-20-7-5-16(6-8-20)17-11-13-31(14-12-17)24(33)18-3-1-2-4-18/h5-8,15,17-19H,1-4,9-14H2,(H2,26,32)(H2,27,28,29,30). The number of aromatic nitrogens is 2. The molecule has 3 fully saturated rings. The first-order valence-electron chi connectivity index (χ1n) is 12.2. The molecule has 174 valence electrons. The summed E-state index contributed by atoms with van der Waals surface area (Å²) in [4.78, 5) is 35.2. The molecule has 2 amide bonds. The number of nitrogens with one attached hydrogen (secondary N) is 2. The summed E-state index contributed by atoms with van der Waals surface area (Å²) in [5.41, 5.74) is 7.95. The smallest absolute Gasteiger partial charge is 0.254 e. The van der Waals surface area contributed by atoms with Gasteiger partial charge in [-0.2, -0.15) is 4.98 Å². The van der Waals surface area contributed by atoms with Gasteiger partial charge in [-0.05, 0) is 62.1 Å². The summed E-state index contributed by atoms with van der Waals surface area (Å²) in [5.74, 6) is 1.50. The van der Waals surface area contributed by atoms with Crippen LogP contribution in [-0.2, 0) is 4.79 Å². The van der Waals surface area contributed by atoms with E-state index >= 15 is 0 Å². The van der Waals surface area contributed by atoms with Crippen molar-refractivity contribution in [2.45, 2.75) is 63.3 Å². The fraction of sp³-hybridized carbons (Fsp3) is 0.520. The third kappa shape index (κ3) is 5.10. The number of carbonyl (C=O) groups excluding carboxylic acids is 2. The molecule has 2 heterocycles. The molecule has 1 aliphatic heterocycles. The van der Waals surface area contributed by atoms with Crippen LogP contribution in [0.25, 0.3) is 0 Å². The number of carbonyl (C=O) groups is 2. The number of likely N-dealkylation sites (tertiary alicyclic amines) is 1. The molecule has 0 spiro atoms. The minimum atomic E-state index is -0.537. The zero-order valence-corrected chi connectivity index (χ0v) is 18.9. The van der Waals surface area contributed by atoms with Gasteiger partial charge >= 0.3 is 0 Å². The van der Waals surface area contributed by atoms with Crippen LogP contribution in [0.4, 0.5) is 17.5 Å². The van der Waals surface area contributed by atoms with Crippen LogP contribution < -0.4 is 16.4 Å². The Labute approximate surface area is 194 Å². The molecule has 5 rings (SSSR count). The van der Waals surface area contributed by atoms with Crippen LogP contribution in [0.15, 0.2) is 30.5 Å². The van der Waals surface area contributed by atoms with Crippen molar-refractivity contribution in [2.75, 3.05) is 23.7 Å². The SMILES string of the molecule is NC(=O)c1cnc(Nc2ccc(C3CCN(C(=O)C4CCCC4)CC3)cc2)nc1NC1CC1. The molecule has 2 saturated carbocycles. The van der Waals surface area contributed by atoms with E-state index in [-0.39, 0.29) is 5.92 Å². The van der Waals surface area contributed by atoms with E-state index in [2.05, 4.69) is 37.6 Å². The molecule has 1 saturated heterocycles. The largest absolute Gasteiger partial charge is 0.367 e. The minimum absolute atomic E-state index is 0.270. The average molecular weight is 449 g/mol. The van der Waals surface area contributed by atoms with E-state index in [4.69, 9.17) is 5.73 Å². The Hall–Kier alpha value is -3.16. The van der Waals surface area contributed by atoms with Gasteiger partial charge in [0.1, 0.15) is 5.82 Å². The number of nitrogens with two attached hydrogens (primary N) is 1. The van der Waals surface area contributed by atoms with Gasteiger partial charge in [-0.1, -0.05) is 25.0 Å². The second-order valence-electron chi connectivity index (χ2n) is 9.57.